The molecule has 0 bridgehead atoms. The zero-order valence-corrected chi connectivity index (χ0v) is 17.7. The van der Waals surface area contributed by atoms with Gasteiger partial charge in [0.05, 0.1) is 18.9 Å². The van der Waals surface area contributed by atoms with Crippen LogP contribution in [-0.4, -0.2) is 47.2 Å². The number of rotatable bonds is 8. The molecule has 0 unspecified atom stereocenters. The van der Waals surface area contributed by atoms with Gasteiger partial charge in [-0.05, 0) is 61.7 Å². The molecular weight excluding hydrogens is 411 g/mol. The zero-order chi connectivity index (χ0) is 21.7. The topological polar surface area (TPSA) is 84.9 Å². The zero-order valence-electron chi connectivity index (χ0n) is 16.9. The van der Waals surface area contributed by atoms with Crippen LogP contribution in [0.1, 0.15) is 18.4 Å². The molecule has 9 heteroatoms. The Morgan fingerprint density at radius 3 is 2.63 bits per heavy atom. The second kappa shape index (κ2) is 9.44. The lowest BCUT2D eigenvalue weighted by atomic mass is 10.2. The Morgan fingerprint density at radius 2 is 2.00 bits per heavy atom. The number of ether oxygens (including phenoxy) is 2. The van der Waals surface area contributed by atoms with E-state index in [1.54, 1.807) is 19.1 Å². The second-order valence-electron chi connectivity index (χ2n) is 7.08. The number of benzene rings is 2. The average molecular weight is 437 g/mol. The van der Waals surface area contributed by atoms with E-state index < -0.39 is 28.3 Å². The van der Waals surface area contributed by atoms with Gasteiger partial charge in [-0.25, -0.2) is 12.8 Å². The van der Waals surface area contributed by atoms with E-state index in [0.717, 1.165) is 34.8 Å². The number of methoxy groups -OCH3 is 1. The SMILES string of the molecule is COc1ccc(C)cc1S(=O)(=O)N(CC(=O)NC[C@H]1CCCO1)c1ccc(F)cc1. The lowest BCUT2D eigenvalue weighted by Crippen LogP contribution is -2.43. The molecule has 1 saturated heterocycles. The first kappa shape index (κ1) is 22.0. The van der Waals surface area contributed by atoms with E-state index in [4.69, 9.17) is 9.47 Å². The number of hydrogen-bond acceptors (Lipinski definition) is 5. The van der Waals surface area contributed by atoms with Gasteiger partial charge >= 0.3 is 0 Å². The summed E-state index contributed by atoms with van der Waals surface area (Å²) in [6, 6.07) is 9.71. The Bertz CT molecular complexity index is 989. The number of hydrogen-bond donors (Lipinski definition) is 1. The molecule has 1 aliphatic rings. The normalized spacial score (nSPS) is 16.3. The summed E-state index contributed by atoms with van der Waals surface area (Å²) in [4.78, 5) is 12.5. The molecule has 0 saturated carbocycles. The van der Waals surface area contributed by atoms with Gasteiger partial charge in [-0.1, -0.05) is 6.07 Å². The van der Waals surface area contributed by atoms with Gasteiger partial charge in [-0.3, -0.25) is 9.10 Å². The maximum Gasteiger partial charge on any atom is 0.268 e. The molecule has 2 aromatic rings. The number of sulfonamides is 1. The van der Waals surface area contributed by atoms with E-state index in [-0.39, 0.29) is 22.4 Å². The molecule has 0 spiro atoms. The summed E-state index contributed by atoms with van der Waals surface area (Å²) in [6.45, 7) is 2.26. The quantitative estimate of drug-likeness (QED) is 0.688. The van der Waals surface area contributed by atoms with E-state index in [0.29, 0.717) is 13.2 Å². The number of halogens is 1. The Morgan fingerprint density at radius 1 is 1.27 bits per heavy atom. The molecule has 162 valence electrons. The molecule has 1 aliphatic heterocycles. The second-order valence-corrected chi connectivity index (χ2v) is 8.91. The molecular formula is C21H25FN2O5S. The van der Waals surface area contributed by atoms with Gasteiger partial charge in [-0.15, -0.1) is 0 Å². The molecule has 1 amide bonds. The van der Waals surface area contributed by atoms with Crippen molar-refractivity contribution in [2.75, 3.05) is 31.1 Å². The standard InChI is InChI=1S/C21H25FN2O5S/c1-15-5-10-19(28-2)20(12-15)30(26,27)24(17-8-6-16(22)7-9-17)14-21(25)23-13-18-4-3-11-29-18/h5-10,12,18H,3-4,11,13-14H2,1-2H3,(H,23,25)/t18-/m1/s1. The number of carbonyl (C=O) groups is 1. The summed E-state index contributed by atoms with van der Waals surface area (Å²) >= 11 is 0. The van der Waals surface area contributed by atoms with Crippen molar-refractivity contribution in [2.24, 2.45) is 0 Å². The molecule has 1 N–H and O–H groups in total. The van der Waals surface area contributed by atoms with Crippen LogP contribution in [0, 0.1) is 12.7 Å². The first-order chi connectivity index (χ1) is 14.3. The first-order valence-electron chi connectivity index (χ1n) is 9.62. The fourth-order valence-electron chi connectivity index (χ4n) is 3.25. The van der Waals surface area contributed by atoms with E-state index >= 15 is 0 Å². The van der Waals surface area contributed by atoms with Crippen molar-refractivity contribution in [1.29, 1.82) is 0 Å². The third kappa shape index (κ3) is 5.09. The minimum atomic E-state index is -4.17. The van der Waals surface area contributed by atoms with Crippen molar-refractivity contribution >= 4 is 21.6 Å². The largest absolute Gasteiger partial charge is 0.495 e. The Kier molecular flexibility index (Phi) is 6.94. The van der Waals surface area contributed by atoms with Crippen LogP contribution in [0.2, 0.25) is 0 Å². The summed E-state index contributed by atoms with van der Waals surface area (Å²) < 4.78 is 52.1. The van der Waals surface area contributed by atoms with E-state index in [1.165, 1.54) is 25.3 Å². The van der Waals surface area contributed by atoms with Crippen LogP contribution < -0.4 is 14.4 Å². The summed E-state index contributed by atoms with van der Waals surface area (Å²) in [5.41, 5.74) is 0.892. The van der Waals surface area contributed by atoms with Gasteiger partial charge in [-0.2, -0.15) is 0 Å². The third-order valence-corrected chi connectivity index (χ3v) is 6.63. The molecule has 7 nitrogen and oxygen atoms in total. The number of nitrogens with one attached hydrogen (secondary N) is 1. The van der Waals surface area contributed by atoms with Crippen LogP contribution in [0.25, 0.3) is 0 Å². The number of aryl methyl sites for hydroxylation is 1. The smallest absolute Gasteiger partial charge is 0.268 e. The molecule has 1 atom stereocenters. The highest BCUT2D eigenvalue weighted by Crippen LogP contribution is 2.31. The minimum Gasteiger partial charge on any atom is -0.495 e. The number of amides is 1. The average Bonchev–Trinajstić information content (AvgIpc) is 3.25. The number of anilines is 1. The fraction of sp³-hybridized carbons (Fsp3) is 0.381. The predicted molar refractivity (Wildman–Crippen MR) is 111 cm³/mol. The van der Waals surface area contributed by atoms with E-state index in [9.17, 15) is 17.6 Å². The van der Waals surface area contributed by atoms with Crippen LogP contribution in [0.3, 0.4) is 0 Å². The summed E-state index contributed by atoms with van der Waals surface area (Å²) in [7, 11) is -2.80. The maximum atomic E-state index is 13.5. The number of carbonyl (C=O) groups excluding carboxylic acids is 1. The van der Waals surface area contributed by atoms with Crippen molar-refractivity contribution in [3.8, 4) is 5.75 Å². The van der Waals surface area contributed by atoms with Crippen molar-refractivity contribution in [2.45, 2.75) is 30.8 Å². The van der Waals surface area contributed by atoms with Crippen LogP contribution in [0.15, 0.2) is 47.4 Å². The van der Waals surface area contributed by atoms with Crippen molar-refractivity contribution in [3.05, 3.63) is 53.8 Å². The van der Waals surface area contributed by atoms with E-state index in [2.05, 4.69) is 5.32 Å². The van der Waals surface area contributed by atoms with Crippen molar-refractivity contribution in [3.63, 3.8) is 0 Å². The van der Waals surface area contributed by atoms with Crippen LogP contribution >= 0.6 is 0 Å². The third-order valence-electron chi connectivity index (χ3n) is 4.84. The first-order valence-corrected chi connectivity index (χ1v) is 11.1. The highest BCUT2D eigenvalue weighted by molar-refractivity contribution is 7.93. The monoisotopic (exact) mass is 436 g/mol. The molecule has 1 heterocycles. The van der Waals surface area contributed by atoms with Gasteiger partial charge in [0.1, 0.15) is 23.0 Å². The Hall–Kier alpha value is -2.65. The lowest BCUT2D eigenvalue weighted by molar-refractivity contribution is -0.120. The van der Waals surface area contributed by atoms with Crippen LogP contribution in [-0.2, 0) is 19.6 Å². The maximum absolute atomic E-state index is 13.5. The predicted octanol–water partition coefficient (Wildman–Crippen LogP) is 2.63. The summed E-state index contributed by atoms with van der Waals surface area (Å²) in [6.07, 6.45) is 1.71. The Labute approximate surface area is 175 Å². The van der Waals surface area contributed by atoms with Gasteiger partial charge < -0.3 is 14.8 Å². The number of nitrogens with zero attached hydrogens (tertiary/aromatic N) is 1. The van der Waals surface area contributed by atoms with Crippen LogP contribution in [0.4, 0.5) is 10.1 Å². The summed E-state index contributed by atoms with van der Waals surface area (Å²) in [5.74, 6) is -0.829. The van der Waals surface area contributed by atoms with Gasteiger partial charge in [0, 0.05) is 13.2 Å². The molecule has 0 radical (unpaired) electrons. The van der Waals surface area contributed by atoms with Gasteiger partial charge in [0.25, 0.3) is 10.0 Å². The van der Waals surface area contributed by atoms with Gasteiger partial charge in [0.15, 0.2) is 0 Å². The van der Waals surface area contributed by atoms with Crippen molar-refractivity contribution < 1.29 is 27.1 Å². The lowest BCUT2D eigenvalue weighted by Gasteiger charge is -2.25. The summed E-state index contributed by atoms with van der Waals surface area (Å²) in [5, 5.41) is 2.72. The fourth-order valence-corrected chi connectivity index (χ4v) is 4.91. The highest BCUT2D eigenvalue weighted by Gasteiger charge is 2.30. The van der Waals surface area contributed by atoms with E-state index in [1.807, 2.05) is 0 Å². The molecule has 0 aliphatic carbocycles. The van der Waals surface area contributed by atoms with Gasteiger partial charge in [0.2, 0.25) is 5.91 Å². The molecule has 30 heavy (non-hydrogen) atoms. The minimum absolute atomic E-state index is 0.0679. The molecule has 3 rings (SSSR count). The molecule has 2 aromatic carbocycles. The van der Waals surface area contributed by atoms with Crippen LogP contribution in [0.5, 0.6) is 5.75 Å². The molecule has 0 aromatic heterocycles. The Balaban J connectivity index is 1.91. The highest BCUT2D eigenvalue weighted by atomic mass is 32.2. The molecule has 1 fully saturated rings. The van der Waals surface area contributed by atoms with Crippen molar-refractivity contribution in [1.82, 2.24) is 5.32 Å².